The fourth-order valence-electron chi connectivity index (χ4n) is 1.52. The van der Waals surface area contributed by atoms with E-state index in [1.165, 1.54) is 19.2 Å². The lowest BCUT2D eigenvalue weighted by Gasteiger charge is -2.11. The van der Waals surface area contributed by atoms with Crippen LogP contribution in [0.25, 0.3) is 0 Å². The Hall–Kier alpha value is -2.24. The molecule has 1 atom stereocenters. The van der Waals surface area contributed by atoms with Gasteiger partial charge in [0.25, 0.3) is 0 Å². The second-order valence-corrected chi connectivity index (χ2v) is 4.32. The summed E-state index contributed by atoms with van der Waals surface area (Å²) in [6.45, 7) is 1.89. The molecule has 1 rings (SSSR count). The molecule has 0 spiro atoms. The van der Waals surface area contributed by atoms with Gasteiger partial charge in [0, 0.05) is 25.9 Å². The first-order valence-corrected chi connectivity index (χ1v) is 5.93. The molecule has 0 saturated carbocycles. The number of carbonyl (C=O) groups excluding carboxylic acids is 2. The number of phenols is 2. The van der Waals surface area contributed by atoms with E-state index in [0.29, 0.717) is 5.56 Å². The molecule has 0 aliphatic carbocycles. The minimum Gasteiger partial charge on any atom is -0.504 e. The van der Waals surface area contributed by atoms with E-state index in [2.05, 4.69) is 10.6 Å². The minimum atomic E-state index is -0.425. The number of hydrogen-bond donors (Lipinski definition) is 4. The highest BCUT2D eigenvalue weighted by Crippen LogP contribution is 2.24. The largest absolute Gasteiger partial charge is 0.504 e. The van der Waals surface area contributed by atoms with Crippen molar-refractivity contribution >= 4 is 11.8 Å². The fourth-order valence-corrected chi connectivity index (χ4v) is 1.52. The van der Waals surface area contributed by atoms with Gasteiger partial charge in [-0.25, -0.2) is 0 Å². The molecule has 6 nitrogen and oxygen atoms in total. The second kappa shape index (κ2) is 6.63. The standard InChI is InChI=1S/C13H18N2O4/c1-8(5-12(18)14-2)13(19)15-7-9-3-4-10(16)11(17)6-9/h3-4,6,8,16-17H,5,7H2,1-2H3,(H,14,18)(H,15,19). The third-order valence-corrected chi connectivity index (χ3v) is 2.72. The number of aromatic hydroxyl groups is 2. The smallest absolute Gasteiger partial charge is 0.223 e. The molecule has 2 amide bonds. The molecule has 6 heteroatoms. The van der Waals surface area contributed by atoms with Gasteiger partial charge in [0.1, 0.15) is 0 Å². The Balaban J connectivity index is 2.49. The summed E-state index contributed by atoms with van der Waals surface area (Å²) in [5.41, 5.74) is 0.663. The summed E-state index contributed by atoms with van der Waals surface area (Å²) in [5, 5.41) is 23.6. The Morgan fingerprint density at radius 3 is 2.53 bits per heavy atom. The van der Waals surface area contributed by atoms with Crippen LogP contribution >= 0.6 is 0 Å². The van der Waals surface area contributed by atoms with Crippen LogP contribution < -0.4 is 10.6 Å². The van der Waals surface area contributed by atoms with Gasteiger partial charge in [-0.05, 0) is 17.7 Å². The Bertz CT molecular complexity index is 474. The van der Waals surface area contributed by atoms with Crippen LogP contribution in [-0.4, -0.2) is 29.1 Å². The van der Waals surface area contributed by atoms with Crippen molar-refractivity contribution in [2.75, 3.05) is 7.05 Å². The summed E-state index contributed by atoms with van der Waals surface area (Å²) in [5.74, 6) is -1.29. The summed E-state index contributed by atoms with van der Waals surface area (Å²) in [6.07, 6.45) is 0.128. The van der Waals surface area contributed by atoms with Gasteiger partial charge in [-0.15, -0.1) is 0 Å². The fraction of sp³-hybridized carbons (Fsp3) is 0.385. The number of rotatable bonds is 5. The summed E-state index contributed by atoms with van der Waals surface area (Å²) in [4.78, 5) is 22.8. The van der Waals surface area contributed by atoms with Gasteiger partial charge in [-0.3, -0.25) is 9.59 Å². The first-order valence-electron chi connectivity index (χ1n) is 5.93. The van der Waals surface area contributed by atoms with Crippen molar-refractivity contribution in [3.8, 4) is 11.5 Å². The van der Waals surface area contributed by atoms with E-state index in [1.54, 1.807) is 13.0 Å². The van der Waals surface area contributed by atoms with Crippen molar-refractivity contribution in [3.05, 3.63) is 23.8 Å². The van der Waals surface area contributed by atoms with E-state index in [-0.39, 0.29) is 36.3 Å². The van der Waals surface area contributed by atoms with Gasteiger partial charge < -0.3 is 20.8 Å². The molecule has 0 radical (unpaired) electrons. The number of benzene rings is 1. The number of amides is 2. The van der Waals surface area contributed by atoms with Gasteiger partial charge in [-0.1, -0.05) is 13.0 Å². The van der Waals surface area contributed by atoms with E-state index in [0.717, 1.165) is 0 Å². The molecule has 0 heterocycles. The van der Waals surface area contributed by atoms with Gasteiger partial charge in [0.2, 0.25) is 11.8 Å². The van der Waals surface area contributed by atoms with Crippen molar-refractivity contribution in [2.45, 2.75) is 19.9 Å². The van der Waals surface area contributed by atoms with Crippen molar-refractivity contribution in [1.82, 2.24) is 10.6 Å². The highest BCUT2D eigenvalue weighted by molar-refractivity contribution is 5.85. The predicted molar refractivity (Wildman–Crippen MR) is 69.5 cm³/mol. The molecule has 104 valence electrons. The zero-order valence-electron chi connectivity index (χ0n) is 10.9. The highest BCUT2D eigenvalue weighted by Gasteiger charge is 2.15. The number of phenolic OH excluding ortho intramolecular Hbond substituents is 2. The summed E-state index contributed by atoms with van der Waals surface area (Å²) < 4.78 is 0. The molecule has 0 bridgehead atoms. The molecule has 19 heavy (non-hydrogen) atoms. The molecule has 1 unspecified atom stereocenters. The molecule has 0 fully saturated rings. The zero-order valence-corrected chi connectivity index (χ0v) is 10.9. The van der Waals surface area contributed by atoms with E-state index in [9.17, 15) is 14.7 Å². The van der Waals surface area contributed by atoms with Crippen molar-refractivity contribution in [3.63, 3.8) is 0 Å². The first-order chi connectivity index (χ1) is 8.93. The van der Waals surface area contributed by atoms with Crippen LogP contribution in [0.4, 0.5) is 0 Å². The van der Waals surface area contributed by atoms with Gasteiger partial charge in [0.15, 0.2) is 11.5 Å². The van der Waals surface area contributed by atoms with Crippen LogP contribution in [0.3, 0.4) is 0 Å². The lowest BCUT2D eigenvalue weighted by Crippen LogP contribution is -2.32. The van der Waals surface area contributed by atoms with Crippen LogP contribution in [0.1, 0.15) is 18.9 Å². The molecular formula is C13H18N2O4. The van der Waals surface area contributed by atoms with Crippen LogP contribution in [0.2, 0.25) is 0 Å². The van der Waals surface area contributed by atoms with E-state index in [4.69, 9.17) is 5.11 Å². The molecular weight excluding hydrogens is 248 g/mol. The van der Waals surface area contributed by atoms with Gasteiger partial charge in [-0.2, -0.15) is 0 Å². The van der Waals surface area contributed by atoms with E-state index < -0.39 is 5.92 Å². The van der Waals surface area contributed by atoms with Crippen molar-refractivity contribution in [1.29, 1.82) is 0 Å². The number of nitrogens with one attached hydrogen (secondary N) is 2. The summed E-state index contributed by atoms with van der Waals surface area (Å²) >= 11 is 0. The minimum absolute atomic E-state index is 0.128. The number of carbonyl (C=O) groups is 2. The van der Waals surface area contributed by atoms with Crippen molar-refractivity contribution < 1.29 is 19.8 Å². The maximum absolute atomic E-state index is 11.7. The third kappa shape index (κ3) is 4.50. The number of hydrogen-bond acceptors (Lipinski definition) is 4. The second-order valence-electron chi connectivity index (χ2n) is 4.32. The lowest BCUT2D eigenvalue weighted by atomic mass is 10.1. The summed E-state index contributed by atoms with van der Waals surface area (Å²) in [6, 6.07) is 4.32. The molecule has 4 N–H and O–H groups in total. The Morgan fingerprint density at radius 1 is 1.26 bits per heavy atom. The van der Waals surface area contributed by atoms with E-state index in [1.807, 2.05) is 0 Å². The molecule has 0 aliphatic heterocycles. The average molecular weight is 266 g/mol. The first kappa shape index (κ1) is 14.8. The zero-order chi connectivity index (χ0) is 14.4. The molecule has 1 aromatic carbocycles. The maximum Gasteiger partial charge on any atom is 0.223 e. The van der Waals surface area contributed by atoms with Crippen molar-refractivity contribution in [2.24, 2.45) is 5.92 Å². The SMILES string of the molecule is CNC(=O)CC(C)C(=O)NCc1ccc(O)c(O)c1. The lowest BCUT2D eigenvalue weighted by molar-refractivity contribution is -0.129. The third-order valence-electron chi connectivity index (χ3n) is 2.72. The topological polar surface area (TPSA) is 98.7 Å². The van der Waals surface area contributed by atoms with Gasteiger partial charge in [0.05, 0.1) is 0 Å². The predicted octanol–water partition coefficient (Wildman–Crippen LogP) is 0.486. The van der Waals surface area contributed by atoms with Crippen LogP contribution in [-0.2, 0) is 16.1 Å². The van der Waals surface area contributed by atoms with Crippen LogP contribution in [0.15, 0.2) is 18.2 Å². The van der Waals surface area contributed by atoms with Crippen LogP contribution in [0.5, 0.6) is 11.5 Å². The molecule has 0 aliphatic rings. The Kier molecular flexibility index (Phi) is 5.17. The Labute approximate surface area is 111 Å². The highest BCUT2D eigenvalue weighted by atomic mass is 16.3. The Morgan fingerprint density at radius 2 is 1.95 bits per heavy atom. The molecule has 0 saturated heterocycles. The molecule has 1 aromatic rings. The maximum atomic E-state index is 11.7. The van der Waals surface area contributed by atoms with Crippen LogP contribution in [0, 0.1) is 5.92 Å². The average Bonchev–Trinajstić information content (AvgIpc) is 2.39. The normalized spacial score (nSPS) is 11.7. The van der Waals surface area contributed by atoms with E-state index >= 15 is 0 Å². The summed E-state index contributed by atoms with van der Waals surface area (Å²) in [7, 11) is 1.52. The van der Waals surface area contributed by atoms with Gasteiger partial charge >= 0.3 is 0 Å². The quantitative estimate of drug-likeness (QED) is 0.583. The molecule has 0 aromatic heterocycles. The monoisotopic (exact) mass is 266 g/mol.